The molecule has 10 heteroatoms. The minimum Gasteiger partial charge on any atom is -0.457 e. The Bertz CT molecular complexity index is 1120. The number of hydrogen-bond donors (Lipinski definition) is 4. The van der Waals surface area contributed by atoms with Gasteiger partial charge in [0.25, 0.3) is 0 Å². The summed E-state index contributed by atoms with van der Waals surface area (Å²) in [6.45, 7) is 3.85. The number of aliphatic hydroxyl groups is 1. The van der Waals surface area contributed by atoms with Crippen LogP contribution in [0.1, 0.15) is 29.2 Å². The van der Waals surface area contributed by atoms with Crippen LogP contribution in [0.25, 0.3) is 0 Å². The molecule has 1 heterocycles. The monoisotopic (exact) mass is 487 g/mol. The number of hydrogen-bond acceptors (Lipinski definition) is 7. The van der Waals surface area contributed by atoms with E-state index in [1.807, 2.05) is 19.1 Å². The van der Waals surface area contributed by atoms with Gasteiger partial charge in [0.2, 0.25) is 0 Å². The van der Waals surface area contributed by atoms with Crippen molar-refractivity contribution in [1.29, 1.82) is 0 Å². The normalized spacial score (nSPS) is 13.9. The SMILES string of the molecule is Cc1ccc(Oc2ccc(CNC(C)N/C=C(/Cc3cncnc3)C(N)O)cc2)cc1C(F)(F)F. The first-order valence-corrected chi connectivity index (χ1v) is 10.9. The van der Waals surface area contributed by atoms with E-state index < -0.39 is 18.0 Å². The fourth-order valence-corrected chi connectivity index (χ4v) is 3.24. The molecular formula is C25H28F3N5O2. The maximum absolute atomic E-state index is 13.1. The summed E-state index contributed by atoms with van der Waals surface area (Å²) < 4.78 is 44.9. The Hall–Kier alpha value is -3.47. The summed E-state index contributed by atoms with van der Waals surface area (Å²) in [7, 11) is 0. The predicted octanol–water partition coefficient (Wildman–Crippen LogP) is 4.03. The molecule has 0 aliphatic rings. The molecule has 2 atom stereocenters. The van der Waals surface area contributed by atoms with Crippen LogP contribution in [0.15, 0.2) is 73.0 Å². The second-order valence-electron chi connectivity index (χ2n) is 8.08. The van der Waals surface area contributed by atoms with Crippen LogP contribution in [-0.4, -0.2) is 27.5 Å². The molecule has 0 aliphatic heterocycles. The van der Waals surface area contributed by atoms with Crippen molar-refractivity contribution in [3.05, 3.63) is 95.2 Å². The van der Waals surface area contributed by atoms with Gasteiger partial charge in [0.15, 0.2) is 0 Å². The summed E-state index contributed by atoms with van der Waals surface area (Å²) in [5, 5.41) is 16.3. The van der Waals surface area contributed by atoms with Crippen molar-refractivity contribution in [3.63, 3.8) is 0 Å². The molecule has 2 aromatic carbocycles. The highest BCUT2D eigenvalue weighted by molar-refractivity contribution is 5.39. The Morgan fingerprint density at radius 3 is 2.37 bits per heavy atom. The van der Waals surface area contributed by atoms with Gasteiger partial charge in [-0.1, -0.05) is 18.2 Å². The average Bonchev–Trinajstić information content (AvgIpc) is 2.82. The van der Waals surface area contributed by atoms with Gasteiger partial charge in [0.05, 0.1) is 11.7 Å². The van der Waals surface area contributed by atoms with Gasteiger partial charge in [-0.15, -0.1) is 0 Å². The molecule has 0 fully saturated rings. The van der Waals surface area contributed by atoms with Gasteiger partial charge in [-0.2, -0.15) is 13.2 Å². The Kier molecular flexibility index (Phi) is 8.80. The van der Waals surface area contributed by atoms with Gasteiger partial charge in [0, 0.05) is 31.6 Å². The predicted molar refractivity (Wildman–Crippen MR) is 126 cm³/mol. The summed E-state index contributed by atoms with van der Waals surface area (Å²) in [5.41, 5.74) is 7.45. The number of nitrogens with two attached hydrogens (primary N) is 1. The van der Waals surface area contributed by atoms with Crippen molar-refractivity contribution in [1.82, 2.24) is 20.6 Å². The second-order valence-corrected chi connectivity index (χ2v) is 8.08. The number of benzene rings is 2. The fourth-order valence-electron chi connectivity index (χ4n) is 3.24. The van der Waals surface area contributed by atoms with E-state index in [1.54, 1.807) is 30.7 Å². The molecule has 2 unspecified atom stereocenters. The molecule has 35 heavy (non-hydrogen) atoms. The number of nitrogens with zero attached hydrogens (tertiary/aromatic N) is 2. The van der Waals surface area contributed by atoms with Crippen LogP contribution < -0.4 is 21.1 Å². The number of rotatable bonds is 10. The highest BCUT2D eigenvalue weighted by Gasteiger charge is 2.32. The van der Waals surface area contributed by atoms with Crippen LogP contribution in [0.5, 0.6) is 11.5 Å². The van der Waals surface area contributed by atoms with Gasteiger partial charge in [0.1, 0.15) is 24.1 Å². The van der Waals surface area contributed by atoms with Crippen LogP contribution >= 0.6 is 0 Å². The lowest BCUT2D eigenvalue weighted by molar-refractivity contribution is -0.138. The highest BCUT2D eigenvalue weighted by atomic mass is 19.4. The lowest BCUT2D eigenvalue weighted by Crippen LogP contribution is -2.37. The number of alkyl halides is 3. The summed E-state index contributed by atoms with van der Waals surface area (Å²) in [4.78, 5) is 7.91. The van der Waals surface area contributed by atoms with Crippen LogP contribution in [-0.2, 0) is 19.1 Å². The van der Waals surface area contributed by atoms with Gasteiger partial charge < -0.3 is 20.9 Å². The number of aliphatic hydroxyl groups excluding tert-OH is 1. The van der Waals surface area contributed by atoms with Gasteiger partial charge in [-0.25, -0.2) is 9.97 Å². The molecule has 0 saturated heterocycles. The molecule has 0 amide bonds. The van der Waals surface area contributed by atoms with E-state index in [2.05, 4.69) is 20.6 Å². The smallest absolute Gasteiger partial charge is 0.416 e. The molecule has 3 rings (SSSR count). The van der Waals surface area contributed by atoms with E-state index in [9.17, 15) is 18.3 Å². The summed E-state index contributed by atoms with van der Waals surface area (Å²) in [6, 6.07) is 11.0. The van der Waals surface area contributed by atoms with Gasteiger partial charge in [-0.05, 0) is 60.4 Å². The molecule has 5 N–H and O–H groups in total. The Morgan fingerprint density at radius 2 is 1.74 bits per heavy atom. The first-order valence-electron chi connectivity index (χ1n) is 10.9. The van der Waals surface area contributed by atoms with E-state index in [4.69, 9.17) is 10.5 Å². The van der Waals surface area contributed by atoms with Crippen LogP contribution in [0, 0.1) is 6.92 Å². The molecule has 0 spiro atoms. The Morgan fingerprint density at radius 1 is 1.09 bits per heavy atom. The van der Waals surface area contributed by atoms with E-state index in [0.29, 0.717) is 24.3 Å². The van der Waals surface area contributed by atoms with Crippen molar-refractivity contribution < 1.29 is 23.0 Å². The minimum absolute atomic E-state index is 0.123. The number of aromatic nitrogens is 2. The number of nitrogens with one attached hydrogen (secondary N) is 2. The van der Waals surface area contributed by atoms with E-state index in [-0.39, 0.29) is 17.5 Å². The Balaban J connectivity index is 1.53. The molecule has 3 aromatic rings. The molecule has 7 nitrogen and oxygen atoms in total. The third-order valence-electron chi connectivity index (χ3n) is 5.21. The molecule has 0 bridgehead atoms. The molecule has 0 radical (unpaired) electrons. The van der Waals surface area contributed by atoms with Crippen molar-refractivity contribution >= 4 is 0 Å². The summed E-state index contributed by atoms with van der Waals surface area (Å²) in [5.74, 6) is 0.560. The quantitative estimate of drug-likeness (QED) is 0.320. The average molecular weight is 488 g/mol. The Labute approximate surface area is 201 Å². The third-order valence-corrected chi connectivity index (χ3v) is 5.21. The standard InChI is InChI=1S/C25H28F3N5O2/c1-16-3-6-22(10-23(16)25(26,27)28)35-21-7-4-18(5-8-21)13-32-17(2)33-14-20(24(29)34)9-19-11-30-15-31-12-19/h3-8,10-12,14-15,17,24,32-34H,9,13,29H2,1-2H3/b20-14-. The fraction of sp³-hybridized carbons (Fsp3) is 0.280. The number of ether oxygens (including phenoxy) is 1. The second kappa shape index (κ2) is 11.8. The van der Waals surface area contributed by atoms with Gasteiger partial charge >= 0.3 is 6.18 Å². The first-order chi connectivity index (χ1) is 16.6. The van der Waals surface area contributed by atoms with E-state index >= 15 is 0 Å². The third kappa shape index (κ3) is 8.06. The number of halogens is 3. The van der Waals surface area contributed by atoms with E-state index in [0.717, 1.165) is 17.2 Å². The van der Waals surface area contributed by atoms with Crippen molar-refractivity contribution in [2.24, 2.45) is 5.73 Å². The zero-order valence-corrected chi connectivity index (χ0v) is 19.4. The van der Waals surface area contributed by atoms with Crippen LogP contribution in [0.3, 0.4) is 0 Å². The lowest BCUT2D eigenvalue weighted by atomic mass is 10.1. The van der Waals surface area contributed by atoms with Crippen molar-refractivity contribution in [2.45, 2.75) is 45.4 Å². The highest BCUT2D eigenvalue weighted by Crippen LogP contribution is 2.35. The molecule has 1 aromatic heterocycles. The molecule has 186 valence electrons. The maximum atomic E-state index is 13.1. The number of aryl methyl sites for hydroxylation is 1. The molecule has 0 saturated carbocycles. The van der Waals surface area contributed by atoms with Crippen LogP contribution in [0.2, 0.25) is 0 Å². The maximum Gasteiger partial charge on any atom is 0.416 e. The molecular weight excluding hydrogens is 459 g/mol. The lowest BCUT2D eigenvalue weighted by Gasteiger charge is -2.17. The van der Waals surface area contributed by atoms with E-state index in [1.165, 1.54) is 25.4 Å². The van der Waals surface area contributed by atoms with Crippen LogP contribution in [0.4, 0.5) is 13.2 Å². The largest absolute Gasteiger partial charge is 0.457 e. The van der Waals surface area contributed by atoms with Crippen molar-refractivity contribution in [2.75, 3.05) is 0 Å². The zero-order valence-electron chi connectivity index (χ0n) is 19.4. The molecule has 0 aliphatic carbocycles. The first kappa shape index (κ1) is 26.1. The van der Waals surface area contributed by atoms with Crippen molar-refractivity contribution in [3.8, 4) is 11.5 Å². The summed E-state index contributed by atoms with van der Waals surface area (Å²) in [6.07, 6.45) is 1.13. The topological polar surface area (TPSA) is 105 Å². The minimum atomic E-state index is -4.43. The van der Waals surface area contributed by atoms with Gasteiger partial charge in [-0.3, -0.25) is 5.32 Å². The summed E-state index contributed by atoms with van der Waals surface area (Å²) >= 11 is 0. The zero-order chi connectivity index (χ0) is 25.4.